The number of methoxy groups -OCH3 is 2. The van der Waals surface area contributed by atoms with Gasteiger partial charge < -0.3 is 18.9 Å². The quantitative estimate of drug-likeness (QED) is 0.626. The summed E-state index contributed by atoms with van der Waals surface area (Å²) in [6.07, 6.45) is 0. The summed E-state index contributed by atoms with van der Waals surface area (Å²) < 4.78 is 15.9. The maximum Gasteiger partial charge on any atom is 0.347 e. The number of benzene rings is 2. The minimum Gasteiger partial charge on any atom is -0.493 e. The van der Waals surface area contributed by atoms with Crippen molar-refractivity contribution in [1.29, 1.82) is 0 Å². The van der Waals surface area contributed by atoms with Crippen LogP contribution >= 0.6 is 0 Å². The largest absolute Gasteiger partial charge is 0.493 e. The number of aromatic amines is 1. The number of hydrogen-bond acceptors (Lipinski definition) is 5. The van der Waals surface area contributed by atoms with Gasteiger partial charge in [0.25, 0.3) is 0 Å². The number of hydrogen-bond donors (Lipinski definition) is 1. The van der Waals surface area contributed by atoms with Crippen LogP contribution in [0.5, 0.6) is 11.5 Å². The molecular weight excluding hydrogens is 308 g/mol. The third-order valence-corrected chi connectivity index (χ3v) is 3.89. The van der Waals surface area contributed by atoms with Gasteiger partial charge in [-0.15, -0.1) is 0 Å². The molecule has 0 aliphatic carbocycles. The lowest BCUT2D eigenvalue weighted by Crippen LogP contribution is -2.04. The van der Waals surface area contributed by atoms with Crippen molar-refractivity contribution >= 4 is 21.8 Å². The van der Waals surface area contributed by atoms with Crippen LogP contribution in [0.25, 0.3) is 33.4 Å². The molecule has 4 rings (SSSR count). The van der Waals surface area contributed by atoms with Crippen molar-refractivity contribution in [2.45, 2.75) is 0 Å². The van der Waals surface area contributed by atoms with E-state index < -0.39 is 5.63 Å². The predicted molar refractivity (Wildman–Crippen MR) is 90.7 cm³/mol. The molecule has 2 aromatic carbocycles. The van der Waals surface area contributed by atoms with Gasteiger partial charge in [0.1, 0.15) is 5.69 Å². The Balaban J connectivity index is 1.95. The summed E-state index contributed by atoms with van der Waals surface area (Å²) >= 11 is 0. The van der Waals surface area contributed by atoms with Crippen LogP contribution < -0.4 is 15.1 Å². The molecule has 0 saturated heterocycles. The maximum absolute atomic E-state index is 12.3. The molecule has 2 aromatic heterocycles. The Morgan fingerprint density at radius 2 is 1.79 bits per heavy atom. The van der Waals surface area contributed by atoms with Crippen LogP contribution in [0.2, 0.25) is 0 Å². The number of nitrogens with one attached hydrogen (secondary N) is 1. The highest BCUT2D eigenvalue weighted by Gasteiger charge is 2.14. The van der Waals surface area contributed by atoms with Gasteiger partial charge in [0, 0.05) is 23.0 Å². The van der Waals surface area contributed by atoms with Gasteiger partial charge in [-0.2, -0.15) is 0 Å². The molecule has 0 atom stereocenters. The standard InChI is InChI=1S/C18H14N2O4/c1-22-15-8-11-13(9-16(15)23-2)20-17(24-18(11)21)14-7-10-5-3-4-6-12(10)19-14/h3-9,19H,1-2H3. The fourth-order valence-corrected chi connectivity index (χ4v) is 2.70. The molecule has 4 aromatic rings. The Bertz CT molecular complexity index is 1080. The molecule has 0 saturated carbocycles. The second-order valence-electron chi connectivity index (χ2n) is 5.30. The first-order valence-electron chi connectivity index (χ1n) is 7.34. The van der Waals surface area contributed by atoms with Crippen LogP contribution in [0.15, 0.2) is 51.7 Å². The second-order valence-corrected chi connectivity index (χ2v) is 5.30. The van der Waals surface area contributed by atoms with Crippen LogP contribution in [-0.2, 0) is 0 Å². The summed E-state index contributed by atoms with van der Waals surface area (Å²) in [6.45, 7) is 0. The number of aromatic nitrogens is 2. The van der Waals surface area contributed by atoms with Crippen LogP contribution in [0.3, 0.4) is 0 Å². The Hall–Kier alpha value is -3.28. The van der Waals surface area contributed by atoms with Gasteiger partial charge in [-0.3, -0.25) is 0 Å². The molecule has 0 amide bonds. The van der Waals surface area contributed by atoms with Crippen molar-refractivity contribution in [2.75, 3.05) is 14.2 Å². The van der Waals surface area contributed by atoms with E-state index in [4.69, 9.17) is 13.9 Å². The monoisotopic (exact) mass is 322 g/mol. The third kappa shape index (κ3) is 2.20. The van der Waals surface area contributed by atoms with Gasteiger partial charge in [0.15, 0.2) is 11.5 Å². The first kappa shape index (κ1) is 14.3. The first-order valence-corrected chi connectivity index (χ1v) is 7.34. The molecule has 1 N–H and O–H groups in total. The van der Waals surface area contributed by atoms with Gasteiger partial charge in [-0.25, -0.2) is 9.78 Å². The fraction of sp³-hybridized carbons (Fsp3) is 0.111. The van der Waals surface area contributed by atoms with Gasteiger partial charge in [0.05, 0.1) is 25.1 Å². The van der Waals surface area contributed by atoms with E-state index in [0.717, 1.165) is 10.9 Å². The normalized spacial score (nSPS) is 11.1. The molecular formula is C18H14N2O4. The summed E-state index contributed by atoms with van der Waals surface area (Å²) in [5.74, 6) is 1.19. The van der Waals surface area contributed by atoms with Crippen molar-refractivity contribution < 1.29 is 13.9 Å². The molecule has 0 aliphatic heterocycles. The van der Waals surface area contributed by atoms with Gasteiger partial charge in [0.2, 0.25) is 5.89 Å². The van der Waals surface area contributed by atoms with Crippen molar-refractivity contribution in [3.05, 3.63) is 52.9 Å². The van der Waals surface area contributed by atoms with Crippen LogP contribution in [0.1, 0.15) is 0 Å². The average molecular weight is 322 g/mol. The highest BCUT2D eigenvalue weighted by atomic mass is 16.5. The van der Waals surface area contributed by atoms with Crippen molar-refractivity contribution in [1.82, 2.24) is 9.97 Å². The second kappa shape index (κ2) is 5.42. The zero-order valence-corrected chi connectivity index (χ0v) is 13.1. The molecule has 6 nitrogen and oxygen atoms in total. The molecule has 0 fully saturated rings. The van der Waals surface area contributed by atoms with Gasteiger partial charge in [-0.05, 0) is 12.1 Å². The maximum atomic E-state index is 12.3. The Morgan fingerprint density at radius 1 is 1.04 bits per heavy atom. The van der Waals surface area contributed by atoms with E-state index in [-0.39, 0.29) is 5.89 Å². The highest BCUT2D eigenvalue weighted by molar-refractivity contribution is 5.86. The van der Waals surface area contributed by atoms with E-state index in [1.165, 1.54) is 14.2 Å². The van der Waals surface area contributed by atoms with Crippen molar-refractivity contribution in [3.8, 4) is 23.1 Å². The van der Waals surface area contributed by atoms with Crippen molar-refractivity contribution in [2.24, 2.45) is 0 Å². The average Bonchev–Trinajstić information content (AvgIpc) is 3.04. The first-order chi connectivity index (χ1) is 11.7. The molecule has 0 radical (unpaired) electrons. The summed E-state index contributed by atoms with van der Waals surface area (Å²) in [7, 11) is 3.05. The number of nitrogens with zero attached hydrogens (tertiary/aromatic N) is 1. The Kier molecular flexibility index (Phi) is 3.23. The lowest BCUT2D eigenvalue weighted by molar-refractivity contribution is 0.355. The zero-order valence-electron chi connectivity index (χ0n) is 13.1. The van der Waals surface area contributed by atoms with Crippen LogP contribution in [0.4, 0.5) is 0 Å². The minimum absolute atomic E-state index is 0.232. The smallest absolute Gasteiger partial charge is 0.347 e. The number of ether oxygens (including phenoxy) is 2. The van der Waals surface area contributed by atoms with Gasteiger partial charge in [-0.1, -0.05) is 18.2 Å². The lowest BCUT2D eigenvalue weighted by Gasteiger charge is -2.08. The topological polar surface area (TPSA) is 77.4 Å². The van der Waals surface area contributed by atoms with E-state index in [9.17, 15) is 4.79 Å². The van der Waals surface area contributed by atoms with E-state index in [1.807, 2.05) is 30.3 Å². The SMILES string of the molecule is COc1cc2nc(-c3cc4ccccc4[nH]3)oc(=O)c2cc1OC. The van der Waals surface area contributed by atoms with E-state index in [2.05, 4.69) is 9.97 Å². The molecule has 6 heteroatoms. The summed E-state index contributed by atoms with van der Waals surface area (Å²) in [5, 5.41) is 1.36. The molecule has 0 unspecified atom stereocenters. The number of fused-ring (bicyclic) bond motifs is 2. The molecule has 0 bridgehead atoms. The number of rotatable bonds is 3. The summed E-state index contributed by atoms with van der Waals surface area (Å²) in [6, 6.07) is 12.9. The molecule has 2 heterocycles. The highest BCUT2D eigenvalue weighted by Crippen LogP contribution is 2.31. The van der Waals surface area contributed by atoms with E-state index >= 15 is 0 Å². The lowest BCUT2D eigenvalue weighted by atomic mass is 10.2. The minimum atomic E-state index is -0.477. The van der Waals surface area contributed by atoms with Crippen LogP contribution in [-0.4, -0.2) is 24.2 Å². The predicted octanol–water partition coefficient (Wildman–Crippen LogP) is 3.35. The van der Waals surface area contributed by atoms with Crippen molar-refractivity contribution in [3.63, 3.8) is 0 Å². The summed E-state index contributed by atoms with van der Waals surface area (Å²) in [4.78, 5) is 20.0. The molecule has 120 valence electrons. The Labute approximate surface area is 136 Å². The molecule has 0 spiro atoms. The van der Waals surface area contributed by atoms with E-state index in [1.54, 1.807) is 12.1 Å². The fourth-order valence-electron chi connectivity index (χ4n) is 2.70. The summed E-state index contributed by atoms with van der Waals surface area (Å²) in [5.41, 5.74) is 1.60. The van der Waals surface area contributed by atoms with Gasteiger partial charge >= 0.3 is 5.63 Å². The third-order valence-electron chi connectivity index (χ3n) is 3.89. The molecule has 24 heavy (non-hydrogen) atoms. The van der Waals surface area contributed by atoms with E-state index in [0.29, 0.717) is 28.1 Å². The van der Waals surface area contributed by atoms with Crippen LogP contribution in [0, 0.1) is 0 Å². The number of para-hydroxylation sites is 1. The number of H-pyrrole nitrogens is 1. The zero-order chi connectivity index (χ0) is 16.7. The molecule has 0 aliphatic rings. The Morgan fingerprint density at radius 3 is 2.54 bits per heavy atom.